The summed E-state index contributed by atoms with van der Waals surface area (Å²) in [6.45, 7) is 4.20. The van der Waals surface area contributed by atoms with Crippen LogP contribution in [0.4, 0.5) is 22.0 Å². The quantitative estimate of drug-likeness (QED) is 0.644. The molecule has 1 aromatic rings. The summed E-state index contributed by atoms with van der Waals surface area (Å²) >= 11 is 5.59. The van der Waals surface area contributed by atoms with Gasteiger partial charge >= 0.3 is 6.18 Å². The minimum Gasteiger partial charge on any atom is -0.375 e. The van der Waals surface area contributed by atoms with Crippen molar-refractivity contribution in [3.05, 3.63) is 34.1 Å². The summed E-state index contributed by atoms with van der Waals surface area (Å²) in [6.07, 6.45) is -4.30. The van der Waals surface area contributed by atoms with Crippen LogP contribution in [0, 0.1) is 5.82 Å². The molecule has 142 valence electrons. The highest BCUT2D eigenvalue weighted by molar-refractivity contribution is 6.30. The molecule has 0 amide bonds. The Bertz CT molecular complexity index is 597. The van der Waals surface area contributed by atoms with Gasteiger partial charge in [-0.25, -0.2) is 8.78 Å². The van der Waals surface area contributed by atoms with Gasteiger partial charge in [0.25, 0.3) is 0 Å². The molecule has 1 aromatic carbocycles. The average molecular weight is 386 g/mol. The fourth-order valence-corrected chi connectivity index (χ4v) is 2.98. The Hall–Kier alpha value is -0.920. The van der Waals surface area contributed by atoms with Gasteiger partial charge in [-0.2, -0.15) is 13.2 Å². The van der Waals surface area contributed by atoms with Gasteiger partial charge in [-0.15, -0.1) is 0 Å². The largest absolute Gasteiger partial charge is 0.416 e. The van der Waals surface area contributed by atoms with Crippen LogP contribution in [0.2, 0.25) is 5.02 Å². The van der Waals surface area contributed by atoms with Crippen molar-refractivity contribution in [3.63, 3.8) is 0 Å². The summed E-state index contributed by atoms with van der Waals surface area (Å²) in [6, 6.07) is 1.34. The van der Waals surface area contributed by atoms with Crippen LogP contribution in [-0.4, -0.2) is 36.4 Å². The summed E-state index contributed by atoms with van der Waals surface area (Å²) in [4.78, 5) is 1.72. The summed E-state index contributed by atoms with van der Waals surface area (Å²) in [7, 11) is 0. The van der Waals surface area contributed by atoms with Crippen molar-refractivity contribution < 1.29 is 26.7 Å². The number of ether oxygens (including phenoxy) is 1. The van der Waals surface area contributed by atoms with Gasteiger partial charge in [0.1, 0.15) is 11.5 Å². The number of likely N-dealkylation sites (tertiary alicyclic amines) is 1. The van der Waals surface area contributed by atoms with Gasteiger partial charge in [0, 0.05) is 25.2 Å². The van der Waals surface area contributed by atoms with Gasteiger partial charge in [0.2, 0.25) is 0 Å². The maximum absolute atomic E-state index is 14.6. The van der Waals surface area contributed by atoms with Crippen LogP contribution in [0.15, 0.2) is 12.1 Å². The Labute approximate surface area is 148 Å². The Morgan fingerprint density at radius 3 is 2.36 bits per heavy atom. The Morgan fingerprint density at radius 1 is 1.24 bits per heavy atom. The SMILES string of the molecule is CC(C)OCC1(F)CCN(Cc2cc(C(F)(F)F)cc(Cl)c2F)CC1. The number of hydrogen-bond acceptors (Lipinski definition) is 2. The van der Waals surface area contributed by atoms with E-state index in [2.05, 4.69) is 0 Å². The number of rotatable bonds is 5. The van der Waals surface area contributed by atoms with E-state index in [1.165, 1.54) is 0 Å². The van der Waals surface area contributed by atoms with Gasteiger partial charge in [0.15, 0.2) is 0 Å². The topological polar surface area (TPSA) is 12.5 Å². The molecule has 0 spiro atoms. The number of hydrogen-bond donors (Lipinski definition) is 0. The molecule has 2 nitrogen and oxygen atoms in total. The lowest BCUT2D eigenvalue weighted by Gasteiger charge is -2.36. The highest BCUT2D eigenvalue weighted by Gasteiger charge is 2.36. The van der Waals surface area contributed by atoms with E-state index in [4.69, 9.17) is 16.3 Å². The van der Waals surface area contributed by atoms with Crippen molar-refractivity contribution in [2.24, 2.45) is 0 Å². The lowest BCUT2D eigenvalue weighted by atomic mass is 9.93. The number of benzene rings is 1. The van der Waals surface area contributed by atoms with E-state index in [0.717, 1.165) is 6.07 Å². The first-order chi connectivity index (χ1) is 11.5. The second-order valence-electron chi connectivity index (χ2n) is 6.72. The first-order valence-corrected chi connectivity index (χ1v) is 8.46. The maximum atomic E-state index is 14.6. The van der Waals surface area contributed by atoms with Crippen molar-refractivity contribution in [3.8, 4) is 0 Å². The Kier molecular flexibility index (Phi) is 6.33. The summed E-state index contributed by atoms with van der Waals surface area (Å²) in [5, 5.41) is -0.563. The fraction of sp³-hybridized carbons (Fsp3) is 0.647. The zero-order chi connectivity index (χ0) is 18.8. The fourth-order valence-electron chi connectivity index (χ4n) is 2.74. The average Bonchev–Trinajstić information content (AvgIpc) is 2.51. The molecule has 1 heterocycles. The van der Waals surface area contributed by atoms with E-state index in [1.807, 2.05) is 13.8 Å². The summed E-state index contributed by atoms with van der Waals surface area (Å²) in [5.41, 5.74) is -2.58. The van der Waals surface area contributed by atoms with E-state index in [-0.39, 0.29) is 37.7 Å². The number of nitrogens with zero attached hydrogens (tertiary/aromatic N) is 1. The molecule has 25 heavy (non-hydrogen) atoms. The van der Waals surface area contributed by atoms with Crippen LogP contribution >= 0.6 is 11.6 Å². The minimum atomic E-state index is -4.60. The van der Waals surface area contributed by atoms with E-state index >= 15 is 0 Å². The molecule has 0 aromatic heterocycles. The van der Waals surface area contributed by atoms with Gasteiger partial charge in [-0.1, -0.05) is 11.6 Å². The summed E-state index contributed by atoms with van der Waals surface area (Å²) in [5.74, 6) is -0.866. The first kappa shape index (κ1) is 20.4. The third kappa shape index (κ3) is 5.53. The summed E-state index contributed by atoms with van der Waals surface area (Å²) < 4.78 is 72.6. The van der Waals surface area contributed by atoms with Gasteiger partial charge < -0.3 is 4.74 Å². The van der Waals surface area contributed by atoms with Crippen LogP contribution in [0.1, 0.15) is 37.8 Å². The molecule has 8 heteroatoms. The smallest absolute Gasteiger partial charge is 0.375 e. The lowest BCUT2D eigenvalue weighted by Crippen LogP contribution is -2.44. The second kappa shape index (κ2) is 7.76. The lowest BCUT2D eigenvalue weighted by molar-refractivity contribution is -0.137. The van der Waals surface area contributed by atoms with E-state index in [9.17, 15) is 22.0 Å². The van der Waals surface area contributed by atoms with E-state index < -0.39 is 28.2 Å². The third-order valence-electron chi connectivity index (χ3n) is 4.25. The highest BCUT2D eigenvalue weighted by atomic mass is 35.5. The normalized spacial score (nSPS) is 18.8. The van der Waals surface area contributed by atoms with Crippen LogP contribution in [0.25, 0.3) is 0 Å². The Balaban J connectivity index is 2.03. The maximum Gasteiger partial charge on any atom is 0.416 e. The van der Waals surface area contributed by atoms with Crippen molar-refractivity contribution in [1.29, 1.82) is 0 Å². The Morgan fingerprint density at radius 2 is 1.84 bits per heavy atom. The zero-order valence-electron chi connectivity index (χ0n) is 14.1. The molecule has 0 N–H and O–H groups in total. The van der Waals surface area contributed by atoms with Crippen LogP contribution < -0.4 is 0 Å². The molecule has 2 rings (SSSR count). The van der Waals surface area contributed by atoms with Crippen molar-refractivity contribution in [2.45, 2.75) is 51.2 Å². The number of halogens is 6. The van der Waals surface area contributed by atoms with Crippen LogP contribution in [-0.2, 0) is 17.5 Å². The molecule has 1 aliphatic rings. The molecule has 1 aliphatic heterocycles. The van der Waals surface area contributed by atoms with Gasteiger partial charge in [0.05, 0.1) is 23.3 Å². The molecular formula is C17H21ClF5NO. The molecule has 0 aliphatic carbocycles. The van der Waals surface area contributed by atoms with Crippen LogP contribution in [0.5, 0.6) is 0 Å². The molecule has 0 atom stereocenters. The molecule has 1 fully saturated rings. The molecular weight excluding hydrogens is 365 g/mol. The van der Waals surface area contributed by atoms with Gasteiger partial charge in [-0.05, 0) is 38.8 Å². The predicted molar refractivity (Wildman–Crippen MR) is 85.9 cm³/mol. The number of alkyl halides is 4. The third-order valence-corrected chi connectivity index (χ3v) is 4.53. The monoisotopic (exact) mass is 385 g/mol. The second-order valence-corrected chi connectivity index (χ2v) is 7.12. The van der Waals surface area contributed by atoms with E-state index in [1.54, 1.807) is 4.90 Å². The molecule has 0 saturated carbocycles. The van der Waals surface area contributed by atoms with E-state index in [0.29, 0.717) is 19.2 Å². The number of piperidine rings is 1. The predicted octanol–water partition coefficient (Wildman–Crippen LogP) is 5.23. The standard InChI is InChI=1S/C17H21ClF5NO/c1-11(2)25-10-16(20)3-5-24(6-4-16)9-12-7-13(17(21,22)23)8-14(18)15(12)19/h7-8,11H,3-6,9-10H2,1-2H3. The molecule has 1 saturated heterocycles. The molecule has 0 bridgehead atoms. The van der Waals surface area contributed by atoms with Crippen molar-refractivity contribution >= 4 is 11.6 Å². The first-order valence-electron chi connectivity index (χ1n) is 8.08. The highest BCUT2D eigenvalue weighted by Crippen LogP contribution is 2.34. The van der Waals surface area contributed by atoms with Crippen molar-refractivity contribution in [1.82, 2.24) is 4.90 Å². The van der Waals surface area contributed by atoms with Crippen molar-refractivity contribution in [2.75, 3.05) is 19.7 Å². The van der Waals surface area contributed by atoms with Crippen LogP contribution in [0.3, 0.4) is 0 Å². The molecule has 0 unspecified atom stereocenters. The molecule has 0 radical (unpaired) electrons. The minimum absolute atomic E-state index is 0.0117. The van der Waals surface area contributed by atoms with Gasteiger partial charge in [-0.3, -0.25) is 4.90 Å². The zero-order valence-corrected chi connectivity index (χ0v) is 14.9.